The molecule has 0 unspecified atom stereocenters. The van der Waals surface area contributed by atoms with Crippen LogP contribution in [0, 0.1) is 11.3 Å². The molecule has 0 aliphatic heterocycles. The minimum absolute atomic E-state index is 0.414. The lowest BCUT2D eigenvalue weighted by molar-refractivity contribution is 0.821. The van der Waals surface area contributed by atoms with E-state index >= 15 is 0 Å². The maximum absolute atomic E-state index is 9.50. The van der Waals surface area contributed by atoms with Gasteiger partial charge in [0.15, 0.2) is 5.69 Å². The minimum atomic E-state index is 0.414. The van der Waals surface area contributed by atoms with Gasteiger partial charge >= 0.3 is 0 Å². The summed E-state index contributed by atoms with van der Waals surface area (Å²) >= 11 is 3.47. The molecule has 1 saturated carbocycles. The van der Waals surface area contributed by atoms with E-state index in [1.54, 1.807) is 0 Å². The highest BCUT2D eigenvalue weighted by Gasteiger charge is 2.31. The number of hydrogen-bond acceptors (Lipinski definition) is 4. The van der Waals surface area contributed by atoms with E-state index in [0.29, 0.717) is 11.7 Å². The zero-order valence-corrected chi connectivity index (χ0v) is 15.5. The highest BCUT2D eigenvalue weighted by Crippen LogP contribution is 2.37. The summed E-state index contributed by atoms with van der Waals surface area (Å²) in [5, 5.41) is 19.0. The fraction of sp³-hybridized carbons (Fsp3) is 0.250. The summed E-state index contributed by atoms with van der Waals surface area (Å²) in [5.74, 6) is 0. The van der Waals surface area contributed by atoms with E-state index in [-0.39, 0.29) is 0 Å². The Hall–Kier alpha value is -2.45. The molecule has 124 valence electrons. The first kappa shape index (κ1) is 16.0. The van der Waals surface area contributed by atoms with Gasteiger partial charge in [0, 0.05) is 22.4 Å². The van der Waals surface area contributed by atoms with Gasteiger partial charge in [-0.2, -0.15) is 5.26 Å². The highest BCUT2D eigenvalue weighted by molar-refractivity contribution is 9.10. The molecule has 3 aromatic rings. The Balaban J connectivity index is 1.87. The van der Waals surface area contributed by atoms with Gasteiger partial charge in [0.1, 0.15) is 6.07 Å². The van der Waals surface area contributed by atoms with Gasteiger partial charge in [0.2, 0.25) is 0 Å². The van der Waals surface area contributed by atoms with Crippen molar-refractivity contribution < 1.29 is 0 Å². The lowest BCUT2D eigenvalue weighted by Gasteiger charge is -2.24. The molecule has 0 radical (unpaired) electrons. The molecule has 4 rings (SSSR count). The van der Waals surface area contributed by atoms with Crippen molar-refractivity contribution in [1.82, 2.24) is 10.2 Å². The minimum Gasteiger partial charge on any atom is -0.366 e. The van der Waals surface area contributed by atoms with E-state index in [0.717, 1.165) is 38.7 Å². The van der Waals surface area contributed by atoms with E-state index in [1.165, 1.54) is 12.8 Å². The van der Waals surface area contributed by atoms with E-state index in [1.807, 2.05) is 12.1 Å². The molecule has 0 spiro atoms. The van der Waals surface area contributed by atoms with Crippen molar-refractivity contribution in [3.63, 3.8) is 0 Å². The van der Waals surface area contributed by atoms with Crippen LogP contribution in [0.5, 0.6) is 0 Å². The van der Waals surface area contributed by atoms with Gasteiger partial charge in [0.25, 0.3) is 0 Å². The van der Waals surface area contributed by atoms with Gasteiger partial charge in [0.05, 0.1) is 11.2 Å². The Bertz CT molecular complexity index is 971. The molecular formula is C20H17BrN4. The fourth-order valence-corrected chi connectivity index (χ4v) is 3.53. The molecule has 0 atom stereocenters. The Morgan fingerprint density at radius 1 is 1.12 bits per heavy atom. The number of nitrogens with zero attached hydrogens (tertiary/aromatic N) is 4. The van der Waals surface area contributed by atoms with Crippen LogP contribution in [0.4, 0.5) is 5.69 Å². The molecule has 1 aliphatic rings. The zero-order valence-electron chi connectivity index (χ0n) is 13.9. The van der Waals surface area contributed by atoms with Crippen LogP contribution in [-0.2, 0) is 0 Å². The second-order valence-electron chi connectivity index (χ2n) is 6.27. The third-order valence-corrected chi connectivity index (χ3v) is 5.16. The number of rotatable bonds is 4. The molecule has 5 heteroatoms. The second kappa shape index (κ2) is 6.45. The van der Waals surface area contributed by atoms with E-state index in [4.69, 9.17) is 0 Å². The van der Waals surface area contributed by atoms with Crippen molar-refractivity contribution in [3.05, 3.63) is 52.6 Å². The Labute approximate surface area is 155 Å². The molecule has 0 saturated heterocycles. The first-order chi connectivity index (χ1) is 12.2. The maximum Gasteiger partial charge on any atom is 0.187 e. The Kier molecular flexibility index (Phi) is 4.14. The summed E-state index contributed by atoms with van der Waals surface area (Å²) in [5.41, 5.74) is 4.40. The van der Waals surface area contributed by atoms with Crippen molar-refractivity contribution in [3.8, 4) is 17.2 Å². The molecule has 0 N–H and O–H groups in total. The smallest absolute Gasteiger partial charge is 0.187 e. The van der Waals surface area contributed by atoms with E-state index in [2.05, 4.69) is 74.4 Å². The first-order valence-electron chi connectivity index (χ1n) is 8.44. The number of hydrogen-bond donors (Lipinski definition) is 0. The molecule has 1 heterocycles. The average molecular weight is 393 g/mol. The summed E-state index contributed by atoms with van der Waals surface area (Å²) in [6, 6.07) is 17.2. The van der Waals surface area contributed by atoms with Gasteiger partial charge in [-0.3, -0.25) is 0 Å². The van der Waals surface area contributed by atoms with Gasteiger partial charge in [-0.25, -0.2) is 0 Å². The SMILES string of the molecule is CCN(c1c(C#N)nnc2cc(-c3ccc(Br)cc3)ccc12)C1CC1. The summed E-state index contributed by atoms with van der Waals surface area (Å²) in [6.07, 6.45) is 2.36. The van der Waals surface area contributed by atoms with Gasteiger partial charge in [-0.1, -0.05) is 34.1 Å². The molecule has 1 aliphatic carbocycles. The number of fused-ring (bicyclic) bond motifs is 1. The van der Waals surface area contributed by atoms with Gasteiger partial charge < -0.3 is 4.90 Å². The Morgan fingerprint density at radius 2 is 1.84 bits per heavy atom. The molecule has 2 aromatic carbocycles. The van der Waals surface area contributed by atoms with Crippen LogP contribution < -0.4 is 4.90 Å². The van der Waals surface area contributed by atoms with Crippen LogP contribution in [0.1, 0.15) is 25.5 Å². The molecule has 25 heavy (non-hydrogen) atoms. The third kappa shape index (κ3) is 2.98. The topological polar surface area (TPSA) is 52.8 Å². The van der Waals surface area contributed by atoms with E-state index < -0.39 is 0 Å². The molecular weight excluding hydrogens is 376 g/mol. The standard InChI is InChI=1S/C20H17BrN4/c1-2-25(16-8-9-16)20-17-10-5-14(13-3-6-15(21)7-4-13)11-18(17)23-24-19(20)12-22/h3-7,10-11,16H,2,8-9H2,1H3. The predicted molar refractivity (Wildman–Crippen MR) is 103 cm³/mol. The third-order valence-electron chi connectivity index (χ3n) is 4.63. The van der Waals surface area contributed by atoms with Crippen molar-refractivity contribution in [1.29, 1.82) is 5.26 Å². The quantitative estimate of drug-likeness (QED) is 0.632. The maximum atomic E-state index is 9.50. The van der Waals surface area contributed by atoms with Crippen LogP contribution in [0.15, 0.2) is 46.9 Å². The summed E-state index contributed by atoms with van der Waals surface area (Å²) < 4.78 is 1.06. The highest BCUT2D eigenvalue weighted by atomic mass is 79.9. The first-order valence-corrected chi connectivity index (χ1v) is 9.23. The number of halogens is 1. The molecule has 0 amide bonds. The van der Waals surface area contributed by atoms with Crippen LogP contribution >= 0.6 is 15.9 Å². The second-order valence-corrected chi connectivity index (χ2v) is 7.18. The molecule has 4 nitrogen and oxygen atoms in total. The number of nitriles is 1. The largest absolute Gasteiger partial charge is 0.366 e. The summed E-state index contributed by atoms with van der Waals surface area (Å²) in [6.45, 7) is 3.00. The van der Waals surface area contributed by atoms with Crippen molar-refractivity contribution in [2.24, 2.45) is 0 Å². The van der Waals surface area contributed by atoms with Crippen molar-refractivity contribution >= 4 is 32.5 Å². The monoisotopic (exact) mass is 392 g/mol. The number of aromatic nitrogens is 2. The zero-order chi connectivity index (χ0) is 17.4. The van der Waals surface area contributed by atoms with Crippen LogP contribution in [0.2, 0.25) is 0 Å². The number of anilines is 1. The van der Waals surface area contributed by atoms with Crippen molar-refractivity contribution in [2.75, 3.05) is 11.4 Å². The van der Waals surface area contributed by atoms with Crippen molar-refractivity contribution in [2.45, 2.75) is 25.8 Å². The predicted octanol–water partition coefficient (Wildman–Crippen LogP) is 4.92. The molecule has 1 fully saturated rings. The average Bonchev–Trinajstić information content (AvgIpc) is 3.47. The number of benzene rings is 2. The summed E-state index contributed by atoms with van der Waals surface area (Å²) in [4.78, 5) is 2.30. The normalized spacial score (nSPS) is 13.6. The van der Waals surface area contributed by atoms with Crippen LogP contribution in [0.3, 0.4) is 0 Å². The summed E-state index contributed by atoms with van der Waals surface area (Å²) in [7, 11) is 0. The van der Waals surface area contributed by atoms with E-state index in [9.17, 15) is 5.26 Å². The van der Waals surface area contributed by atoms with Crippen LogP contribution in [0.25, 0.3) is 22.0 Å². The van der Waals surface area contributed by atoms with Crippen LogP contribution in [-0.4, -0.2) is 22.8 Å². The lowest BCUT2D eigenvalue weighted by Crippen LogP contribution is -2.26. The van der Waals surface area contributed by atoms with Gasteiger partial charge in [-0.15, -0.1) is 10.2 Å². The lowest BCUT2D eigenvalue weighted by atomic mass is 10.0. The molecule has 0 bridgehead atoms. The fourth-order valence-electron chi connectivity index (χ4n) is 3.27. The molecule has 1 aromatic heterocycles. The van der Waals surface area contributed by atoms with Gasteiger partial charge in [-0.05, 0) is 55.2 Å². The Morgan fingerprint density at radius 3 is 2.48 bits per heavy atom.